The van der Waals surface area contributed by atoms with Crippen LogP contribution in [0, 0.1) is 0 Å². The molecule has 2 rings (SSSR count). The standard InChI is InChI=1S/C9H8N2O3/c1-2-6-7-5(9(12)13)3-4-10-8(7)14-11-6/h3-4H,2H2,1H3,(H,12,13). The van der Waals surface area contributed by atoms with E-state index < -0.39 is 5.97 Å². The molecule has 2 aromatic rings. The predicted molar refractivity (Wildman–Crippen MR) is 48.1 cm³/mol. The van der Waals surface area contributed by atoms with Crippen molar-refractivity contribution in [3.63, 3.8) is 0 Å². The highest BCUT2D eigenvalue weighted by Crippen LogP contribution is 2.20. The molecule has 0 aliphatic carbocycles. The number of carbonyl (C=O) groups is 1. The molecule has 0 saturated carbocycles. The second-order valence-corrected chi connectivity index (χ2v) is 2.83. The van der Waals surface area contributed by atoms with Crippen molar-refractivity contribution in [2.75, 3.05) is 0 Å². The second-order valence-electron chi connectivity index (χ2n) is 2.83. The van der Waals surface area contributed by atoms with E-state index in [1.54, 1.807) is 0 Å². The van der Waals surface area contributed by atoms with E-state index in [4.69, 9.17) is 9.63 Å². The monoisotopic (exact) mass is 192 g/mol. The van der Waals surface area contributed by atoms with Crippen LogP contribution in [0.1, 0.15) is 23.0 Å². The van der Waals surface area contributed by atoms with Crippen LogP contribution in [0.15, 0.2) is 16.8 Å². The summed E-state index contributed by atoms with van der Waals surface area (Å²) < 4.78 is 4.91. The molecule has 0 atom stereocenters. The molecule has 5 nitrogen and oxygen atoms in total. The molecule has 0 saturated heterocycles. The number of hydrogen-bond donors (Lipinski definition) is 1. The molecule has 14 heavy (non-hydrogen) atoms. The van der Waals surface area contributed by atoms with E-state index in [1.807, 2.05) is 6.92 Å². The van der Waals surface area contributed by atoms with Gasteiger partial charge in [-0.15, -0.1) is 0 Å². The minimum absolute atomic E-state index is 0.188. The number of rotatable bonds is 2. The first kappa shape index (κ1) is 8.68. The summed E-state index contributed by atoms with van der Waals surface area (Å²) in [4.78, 5) is 14.8. The second kappa shape index (κ2) is 3.10. The Morgan fingerprint density at radius 1 is 1.64 bits per heavy atom. The van der Waals surface area contributed by atoms with Crippen LogP contribution in [0.25, 0.3) is 11.1 Å². The topological polar surface area (TPSA) is 76.2 Å². The lowest BCUT2D eigenvalue weighted by molar-refractivity contribution is 0.0699. The molecule has 1 N–H and O–H groups in total. The van der Waals surface area contributed by atoms with Crippen molar-refractivity contribution >= 4 is 17.1 Å². The lowest BCUT2D eigenvalue weighted by Crippen LogP contribution is -1.98. The third-order valence-electron chi connectivity index (χ3n) is 2.01. The fourth-order valence-electron chi connectivity index (χ4n) is 1.35. The number of aromatic nitrogens is 2. The van der Waals surface area contributed by atoms with Crippen molar-refractivity contribution in [2.24, 2.45) is 0 Å². The first-order chi connectivity index (χ1) is 6.74. The molecular formula is C9H8N2O3. The Bertz CT molecular complexity index is 490. The molecule has 2 heterocycles. The van der Waals surface area contributed by atoms with Gasteiger partial charge in [-0.2, -0.15) is 0 Å². The van der Waals surface area contributed by atoms with Crippen molar-refractivity contribution in [2.45, 2.75) is 13.3 Å². The molecule has 5 heteroatoms. The summed E-state index contributed by atoms with van der Waals surface area (Å²) in [6.07, 6.45) is 2.02. The molecule has 0 aromatic carbocycles. The van der Waals surface area contributed by atoms with Gasteiger partial charge in [0.15, 0.2) is 0 Å². The third kappa shape index (κ3) is 1.14. The van der Waals surface area contributed by atoms with Gasteiger partial charge in [-0.3, -0.25) is 0 Å². The smallest absolute Gasteiger partial charge is 0.336 e. The molecule has 72 valence electrons. The molecule has 0 aliphatic heterocycles. The number of aromatic carboxylic acids is 1. The number of hydrogen-bond acceptors (Lipinski definition) is 4. The fourth-order valence-corrected chi connectivity index (χ4v) is 1.35. The Labute approximate surface area is 79.3 Å². The zero-order chi connectivity index (χ0) is 10.1. The van der Waals surface area contributed by atoms with Gasteiger partial charge in [0.25, 0.3) is 5.71 Å². The quantitative estimate of drug-likeness (QED) is 0.779. The van der Waals surface area contributed by atoms with Gasteiger partial charge in [-0.25, -0.2) is 9.78 Å². The van der Waals surface area contributed by atoms with Gasteiger partial charge in [0, 0.05) is 6.20 Å². The van der Waals surface area contributed by atoms with Crippen LogP contribution in [0.5, 0.6) is 0 Å². The maximum absolute atomic E-state index is 10.9. The SMILES string of the molecule is CCc1noc2nccc(C(=O)O)c12. The van der Waals surface area contributed by atoms with Crippen LogP contribution >= 0.6 is 0 Å². The lowest BCUT2D eigenvalue weighted by Gasteiger charge is -1.95. The van der Waals surface area contributed by atoms with Gasteiger partial charge < -0.3 is 9.63 Å². The van der Waals surface area contributed by atoms with E-state index >= 15 is 0 Å². The van der Waals surface area contributed by atoms with E-state index in [9.17, 15) is 4.79 Å². The molecule has 0 radical (unpaired) electrons. The molecule has 0 fully saturated rings. The Kier molecular flexibility index (Phi) is 1.92. The fraction of sp³-hybridized carbons (Fsp3) is 0.222. The van der Waals surface area contributed by atoms with Crippen molar-refractivity contribution < 1.29 is 14.4 Å². The first-order valence-electron chi connectivity index (χ1n) is 4.20. The van der Waals surface area contributed by atoms with Gasteiger partial charge in [0.05, 0.1) is 16.6 Å². The summed E-state index contributed by atoms with van der Waals surface area (Å²) in [6.45, 7) is 1.88. The molecule has 0 unspecified atom stereocenters. The van der Waals surface area contributed by atoms with E-state index in [-0.39, 0.29) is 11.3 Å². The molecule has 0 bridgehead atoms. The maximum atomic E-state index is 10.9. The van der Waals surface area contributed by atoms with Gasteiger partial charge in [0.1, 0.15) is 0 Å². The summed E-state index contributed by atoms with van der Waals surface area (Å²) in [5, 5.41) is 13.2. The van der Waals surface area contributed by atoms with E-state index in [0.29, 0.717) is 17.5 Å². The first-order valence-corrected chi connectivity index (χ1v) is 4.20. The highest BCUT2D eigenvalue weighted by atomic mass is 16.5. The lowest BCUT2D eigenvalue weighted by atomic mass is 10.1. The summed E-state index contributed by atoms with van der Waals surface area (Å²) >= 11 is 0. The Hall–Kier alpha value is -1.91. The van der Waals surface area contributed by atoms with E-state index in [0.717, 1.165) is 0 Å². The van der Waals surface area contributed by atoms with Crippen LogP contribution in [-0.2, 0) is 6.42 Å². The summed E-state index contributed by atoms with van der Waals surface area (Å²) in [6, 6.07) is 1.45. The minimum Gasteiger partial charge on any atom is -0.478 e. The van der Waals surface area contributed by atoms with Crippen LogP contribution in [0.3, 0.4) is 0 Å². The highest BCUT2D eigenvalue weighted by molar-refractivity contribution is 6.01. The summed E-state index contributed by atoms with van der Waals surface area (Å²) in [7, 11) is 0. The molecule has 0 spiro atoms. The Balaban J connectivity index is 2.81. The van der Waals surface area contributed by atoms with E-state index in [2.05, 4.69) is 10.1 Å². The van der Waals surface area contributed by atoms with Crippen molar-refractivity contribution in [1.29, 1.82) is 0 Å². The largest absolute Gasteiger partial charge is 0.478 e. The average molecular weight is 192 g/mol. The van der Waals surface area contributed by atoms with Gasteiger partial charge in [-0.1, -0.05) is 12.1 Å². The Morgan fingerprint density at radius 3 is 3.07 bits per heavy atom. The normalized spacial score (nSPS) is 10.6. The number of pyridine rings is 1. The van der Waals surface area contributed by atoms with Crippen LogP contribution < -0.4 is 0 Å². The maximum Gasteiger partial charge on any atom is 0.336 e. The number of carboxylic acids is 1. The Morgan fingerprint density at radius 2 is 2.43 bits per heavy atom. The summed E-state index contributed by atoms with van der Waals surface area (Å²) in [5.41, 5.74) is 1.10. The zero-order valence-electron chi connectivity index (χ0n) is 7.52. The van der Waals surface area contributed by atoms with Gasteiger partial charge in [0.2, 0.25) is 0 Å². The van der Waals surface area contributed by atoms with Crippen molar-refractivity contribution in [3.05, 3.63) is 23.5 Å². The van der Waals surface area contributed by atoms with Gasteiger partial charge in [-0.05, 0) is 12.5 Å². The number of carboxylic acid groups (broad SMARTS) is 1. The van der Waals surface area contributed by atoms with Crippen LogP contribution in [0.2, 0.25) is 0 Å². The number of aryl methyl sites for hydroxylation is 1. The average Bonchev–Trinajstić information content (AvgIpc) is 2.59. The number of nitrogens with zero attached hydrogens (tertiary/aromatic N) is 2. The molecular weight excluding hydrogens is 184 g/mol. The molecule has 0 amide bonds. The molecule has 0 aliphatic rings. The minimum atomic E-state index is -0.990. The number of fused-ring (bicyclic) bond motifs is 1. The van der Waals surface area contributed by atoms with Crippen molar-refractivity contribution in [1.82, 2.24) is 10.1 Å². The van der Waals surface area contributed by atoms with Crippen LogP contribution in [0.4, 0.5) is 0 Å². The highest BCUT2D eigenvalue weighted by Gasteiger charge is 2.16. The van der Waals surface area contributed by atoms with Crippen molar-refractivity contribution in [3.8, 4) is 0 Å². The molecule has 2 aromatic heterocycles. The predicted octanol–water partition coefficient (Wildman–Crippen LogP) is 1.48. The van der Waals surface area contributed by atoms with Crippen LogP contribution in [-0.4, -0.2) is 21.2 Å². The summed E-state index contributed by atoms with van der Waals surface area (Å²) in [5.74, 6) is -0.990. The van der Waals surface area contributed by atoms with E-state index in [1.165, 1.54) is 12.3 Å². The zero-order valence-corrected chi connectivity index (χ0v) is 7.52. The van der Waals surface area contributed by atoms with Gasteiger partial charge >= 0.3 is 5.97 Å². The third-order valence-corrected chi connectivity index (χ3v) is 2.01.